The summed E-state index contributed by atoms with van der Waals surface area (Å²) in [5, 5.41) is 12.1. The molecule has 0 saturated heterocycles. The molecule has 2 nitrogen and oxygen atoms in total. The molecule has 11 rings (SSSR count). The molecule has 0 N–H and O–H groups in total. The number of benzene rings is 10. The van der Waals surface area contributed by atoms with Gasteiger partial charge in [0.05, 0.1) is 0 Å². The lowest BCUT2D eigenvalue weighted by atomic mass is 9.91. The van der Waals surface area contributed by atoms with Crippen molar-refractivity contribution < 1.29 is 4.42 Å². The fraction of sp³-hybridized carbons (Fsp3) is 0. The summed E-state index contributed by atoms with van der Waals surface area (Å²) in [6, 6.07) is 72.4. The van der Waals surface area contributed by atoms with E-state index in [4.69, 9.17) is 4.42 Å². The van der Waals surface area contributed by atoms with Gasteiger partial charge in [-0.2, -0.15) is 0 Å². The van der Waals surface area contributed by atoms with Crippen molar-refractivity contribution in [2.24, 2.45) is 0 Å². The minimum absolute atomic E-state index is 0.910. The molecule has 54 heavy (non-hydrogen) atoms. The van der Waals surface area contributed by atoms with Gasteiger partial charge in [0, 0.05) is 33.2 Å². The van der Waals surface area contributed by atoms with Crippen molar-refractivity contribution >= 4 is 82.1 Å². The van der Waals surface area contributed by atoms with Crippen LogP contribution in [0.5, 0.6) is 0 Å². The number of furan rings is 1. The van der Waals surface area contributed by atoms with Gasteiger partial charge in [-0.05, 0) is 121 Å². The van der Waals surface area contributed by atoms with Crippen LogP contribution in [0.2, 0.25) is 0 Å². The Morgan fingerprint density at radius 3 is 1.59 bits per heavy atom. The predicted octanol–water partition coefficient (Wildman–Crippen LogP) is 15.0. The first-order valence-corrected chi connectivity index (χ1v) is 18.5. The molecule has 252 valence electrons. The molecule has 1 aromatic heterocycles. The van der Waals surface area contributed by atoms with Crippen molar-refractivity contribution in [3.8, 4) is 22.3 Å². The third-order valence-corrected chi connectivity index (χ3v) is 11.0. The number of rotatable bonds is 5. The molecule has 11 aromatic rings. The van der Waals surface area contributed by atoms with Crippen molar-refractivity contribution in [1.29, 1.82) is 0 Å². The zero-order valence-electron chi connectivity index (χ0n) is 29.4. The van der Waals surface area contributed by atoms with Gasteiger partial charge in [0.2, 0.25) is 0 Å². The Balaban J connectivity index is 1.23. The molecule has 0 radical (unpaired) electrons. The quantitative estimate of drug-likeness (QED) is 0.168. The molecule has 0 atom stereocenters. The molecule has 0 unspecified atom stereocenters. The largest absolute Gasteiger partial charge is 0.456 e. The standard InChI is InChI=1S/C52H33NO/c1-3-13-34(14-4-1)38-29-39(35-15-5-2-6-16-35)32-42(31-38)53(40-24-23-36-17-7-8-18-37(36)30-40)41-25-26-44-43-19-9-10-20-45(43)51-46(48(44)33-41)27-28-50-52(51)47-21-11-12-22-49(47)54-50/h1-33H. The average molecular weight is 688 g/mol. The Bertz CT molecular complexity index is 3160. The fourth-order valence-corrected chi connectivity index (χ4v) is 8.48. The molecule has 0 aliphatic rings. The topological polar surface area (TPSA) is 16.4 Å². The zero-order chi connectivity index (χ0) is 35.6. The Hall–Kier alpha value is -7.16. The van der Waals surface area contributed by atoms with Crippen LogP contribution >= 0.6 is 0 Å². The Labute approximate surface area is 312 Å². The maximum atomic E-state index is 6.42. The molecule has 2 heteroatoms. The van der Waals surface area contributed by atoms with E-state index in [1.807, 2.05) is 6.07 Å². The third kappa shape index (κ3) is 4.88. The van der Waals surface area contributed by atoms with Crippen LogP contribution in [0.4, 0.5) is 17.1 Å². The first-order chi connectivity index (χ1) is 26.8. The van der Waals surface area contributed by atoms with Crippen LogP contribution in [0.25, 0.3) is 87.3 Å². The second-order valence-corrected chi connectivity index (χ2v) is 14.1. The smallest absolute Gasteiger partial charge is 0.136 e. The summed E-state index contributed by atoms with van der Waals surface area (Å²) in [5.74, 6) is 0. The lowest BCUT2D eigenvalue weighted by molar-refractivity contribution is 0.669. The van der Waals surface area contributed by atoms with Crippen molar-refractivity contribution in [3.63, 3.8) is 0 Å². The van der Waals surface area contributed by atoms with Gasteiger partial charge in [0.1, 0.15) is 11.2 Å². The van der Waals surface area contributed by atoms with Crippen molar-refractivity contribution in [3.05, 3.63) is 200 Å². The number of anilines is 3. The highest BCUT2D eigenvalue weighted by molar-refractivity contribution is 6.34. The maximum Gasteiger partial charge on any atom is 0.136 e. The molecule has 0 saturated carbocycles. The summed E-state index contributed by atoms with van der Waals surface area (Å²) in [6.07, 6.45) is 0. The van der Waals surface area contributed by atoms with Gasteiger partial charge < -0.3 is 9.32 Å². The van der Waals surface area contributed by atoms with E-state index in [1.165, 1.54) is 70.7 Å². The molecular formula is C52H33NO. The molecule has 0 aliphatic heterocycles. The van der Waals surface area contributed by atoms with E-state index in [0.717, 1.165) is 33.6 Å². The molecular weight excluding hydrogens is 655 g/mol. The highest BCUT2D eigenvalue weighted by Crippen LogP contribution is 2.46. The van der Waals surface area contributed by atoms with Gasteiger partial charge in [-0.3, -0.25) is 0 Å². The monoisotopic (exact) mass is 687 g/mol. The minimum Gasteiger partial charge on any atom is -0.456 e. The SMILES string of the molecule is c1ccc(-c2cc(-c3ccccc3)cc(N(c3ccc4ccccc4c3)c3ccc4c5ccccc5c5c(ccc6oc7ccccc7c65)c4c3)c2)cc1. The minimum atomic E-state index is 0.910. The van der Waals surface area contributed by atoms with E-state index in [2.05, 4.69) is 199 Å². The van der Waals surface area contributed by atoms with E-state index in [1.54, 1.807) is 0 Å². The van der Waals surface area contributed by atoms with Gasteiger partial charge >= 0.3 is 0 Å². The molecule has 10 aromatic carbocycles. The van der Waals surface area contributed by atoms with E-state index in [-0.39, 0.29) is 0 Å². The van der Waals surface area contributed by atoms with Gasteiger partial charge in [0.25, 0.3) is 0 Å². The van der Waals surface area contributed by atoms with Gasteiger partial charge in [-0.25, -0.2) is 0 Å². The lowest BCUT2D eigenvalue weighted by Crippen LogP contribution is -2.10. The Morgan fingerprint density at radius 1 is 0.278 bits per heavy atom. The van der Waals surface area contributed by atoms with Gasteiger partial charge in [0.15, 0.2) is 0 Å². The van der Waals surface area contributed by atoms with Crippen molar-refractivity contribution in [2.75, 3.05) is 4.90 Å². The summed E-state index contributed by atoms with van der Waals surface area (Å²) >= 11 is 0. The number of para-hydroxylation sites is 1. The molecule has 1 heterocycles. The van der Waals surface area contributed by atoms with Crippen molar-refractivity contribution in [2.45, 2.75) is 0 Å². The van der Waals surface area contributed by atoms with Crippen LogP contribution in [-0.2, 0) is 0 Å². The summed E-state index contributed by atoms with van der Waals surface area (Å²) in [4.78, 5) is 2.43. The number of hydrogen-bond acceptors (Lipinski definition) is 2. The highest BCUT2D eigenvalue weighted by atomic mass is 16.3. The Kier molecular flexibility index (Phi) is 6.90. The van der Waals surface area contributed by atoms with Crippen molar-refractivity contribution in [1.82, 2.24) is 0 Å². The van der Waals surface area contributed by atoms with E-state index in [9.17, 15) is 0 Å². The lowest BCUT2D eigenvalue weighted by Gasteiger charge is -2.28. The van der Waals surface area contributed by atoms with Crippen LogP contribution in [0.15, 0.2) is 205 Å². The highest BCUT2D eigenvalue weighted by Gasteiger charge is 2.20. The maximum absolute atomic E-state index is 6.42. The first kappa shape index (κ1) is 30.5. The predicted molar refractivity (Wildman–Crippen MR) is 229 cm³/mol. The number of hydrogen-bond donors (Lipinski definition) is 0. The van der Waals surface area contributed by atoms with Crippen LogP contribution in [0.1, 0.15) is 0 Å². The second kappa shape index (κ2) is 12.2. The molecule has 0 fully saturated rings. The zero-order valence-corrected chi connectivity index (χ0v) is 29.4. The van der Waals surface area contributed by atoms with Gasteiger partial charge in [-0.1, -0.05) is 140 Å². The van der Waals surface area contributed by atoms with Crippen LogP contribution in [0, 0.1) is 0 Å². The van der Waals surface area contributed by atoms with Crippen LogP contribution in [0.3, 0.4) is 0 Å². The average Bonchev–Trinajstić information content (AvgIpc) is 3.63. The fourth-order valence-electron chi connectivity index (χ4n) is 8.48. The normalized spacial score (nSPS) is 11.7. The third-order valence-electron chi connectivity index (χ3n) is 11.0. The van der Waals surface area contributed by atoms with Crippen LogP contribution in [-0.4, -0.2) is 0 Å². The second-order valence-electron chi connectivity index (χ2n) is 14.1. The molecule has 0 spiro atoms. The van der Waals surface area contributed by atoms with Crippen LogP contribution < -0.4 is 4.90 Å². The van der Waals surface area contributed by atoms with E-state index >= 15 is 0 Å². The number of nitrogens with zero attached hydrogens (tertiary/aromatic N) is 1. The Morgan fingerprint density at radius 2 is 0.833 bits per heavy atom. The molecule has 0 aliphatic carbocycles. The van der Waals surface area contributed by atoms with E-state index < -0.39 is 0 Å². The first-order valence-electron chi connectivity index (χ1n) is 18.5. The molecule has 0 amide bonds. The summed E-state index contributed by atoms with van der Waals surface area (Å²) in [7, 11) is 0. The van der Waals surface area contributed by atoms with Gasteiger partial charge in [-0.15, -0.1) is 0 Å². The number of fused-ring (bicyclic) bond motifs is 11. The summed E-state index contributed by atoms with van der Waals surface area (Å²) in [6.45, 7) is 0. The molecule has 0 bridgehead atoms. The van der Waals surface area contributed by atoms with E-state index in [0.29, 0.717) is 0 Å². The summed E-state index contributed by atoms with van der Waals surface area (Å²) < 4.78 is 6.42. The summed E-state index contributed by atoms with van der Waals surface area (Å²) in [5.41, 5.74) is 9.82.